The van der Waals surface area contributed by atoms with E-state index in [9.17, 15) is 9.90 Å². The summed E-state index contributed by atoms with van der Waals surface area (Å²) >= 11 is 0. The molecular formula is C27H27N7O4. The van der Waals surface area contributed by atoms with Crippen LogP contribution in [0, 0.1) is 6.92 Å². The molecule has 0 saturated carbocycles. The van der Waals surface area contributed by atoms with Gasteiger partial charge in [-0.05, 0) is 43.2 Å². The Bertz CT molecular complexity index is 1760. The molecule has 1 fully saturated rings. The first-order valence-corrected chi connectivity index (χ1v) is 12.3. The normalized spacial score (nSPS) is 15.5. The molecule has 0 unspecified atom stereocenters. The van der Waals surface area contributed by atoms with Crippen LogP contribution in [-0.4, -0.2) is 67.6 Å². The average molecular weight is 514 g/mol. The van der Waals surface area contributed by atoms with Gasteiger partial charge in [0.25, 0.3) is 0 Å². The van der Waals surface area contributed by atoms with E-state index in [0.29, 0.717) is 34.9 Å². The largest absolute Gasteiger partial charge is 0.480 e. The number of aliphatic hydroxyl groups is 1. The smallest absolute Gasteiger partial charge is 0.333 e. The van der Waals surface area contributed by atoms with E-state index in [2.05, 4.69) is 19.9 Å². The third-order valence-electron chi connectivity index (χ3n) is 7.07. The summed E-state index contributed by atoms with van der Waals surface area (Å²) in [5.41, 5.74) is 4.87. The van der Waals surface area contributed by atoms with Gasteiger partial charge in [0, 0.05) is 31.7 Å². The number of rotatable bonds is 5. The second-order valence-electron chi connectivity index (χ2n) is 9.34. The van der Waals surface area contributed by atoms with Gasteiger partial charge in [-0.25, -0.2) is 14.8 Å². The molecule has 6 rings (SSSR count). The highest BCUT2D eigenvalue weighted by atomic mass is 16.5. The Balaban J connectivity index is 1.56. The fourth-order valence-corrected chi connectivity index (χ4v) is 5.09. The second kappa shape index (κ2) is 9.10. The maximum Gasteiger partial charge on any atom is 0.333 e. The summed E-state index contributed by atoms with van der Waals surface area (Å²) in [7, 11) is 4.78. The molecule has 0 spiro atoms. The minimum Gasteiger partial charge on any atom is -0.480 e. The van der Waals surface area contributed by atoms with Gasteiger partial charge in [0.2, 0.25) is 5.88 Å². The SMILES string of the molecule is COc1ncc(-c2ccc3ncc4c(c3c2)n(-c2ccc(N3CC[C@H](O)C3)nc2C)c(=O)n4C)c(OC)n1. The number of β-amino-alcohol motifs (C(OH)–C–C–N with tert-alkyl or cyclic N) is 1. The van der Waals surface area contributed by atoms with Crippen LogP contribution >= 0.6 is 0 Å². The van der Waals surface area contributed by atoms with Gasteiger partial charge in [-0.2, -0.15) is 4.98 Å². The number of pyridine rings is 2. The summed E-state index contributed by atoms with van der Waals surface area (Å²) in [6, 6.07) is 9.83. The first-order chi connectivity index (χ1) is 18.4. The molecule has 11 nitrogen and oxygen atoms in total. The van der Waals surface area contributed by atoms with Crippen molar-refractivity contribution in [2.75, 3.05) is 32.2 Å². The summed E-state index contributed by atoms with van der Waals surface area (Å²) < 4.78 is 13.9. The first kappa shape index (κ1) is 23.9. The molecule has 1 aliphatic rings. The Hall–Kier alpha value is -4.51. The van der Waals surface area contributed by atoms with E-state index < -0.39 is 0 Å². The van der Waals surface area contributed by atoms with Crippen molar-refractivity contribution in [1.82, 2.24) is 29.1 Å². The number of hydrogen-bond donors (Lipinski definition) is 1. The van der Waals surface area contributed by atoms with Gasteiger partial charge in [-0.1, -0.05) is 6.07 Å². The van der Waals surface area contributed by atoms with Gasteiger partial charge in [-0.15, -0.1) is 0 Å². The van der Waals surface area contributed by atoms with Gasteiger partial charge in [0.1, 0.15) is 5.82 Å². The van der Waals surface area contributed by atoms with Crippen molar-refractivity contribution in [3.05, 3.63) is 58.9 Å². The molecule has 1 saturated heterocycles. The third-order valence-corrected chi connectivity index (χ3v) is 7.07. The van der Waals surface area contributed by atoms with Crippen molar-refractivity contribution in [3.63, 3.8) is 0 Å². The zero-order valence-electron chi connectivity index (χ0n) is 21.5. The predicted octanol–water partition coefficient (Wildman–Crippen LogP) is 2.63. The number of aryl methyl sites for hydroxylation is 2. The van der Waals surface area contributed by atoms with Crippen molar-refractivity contribution in [3.8, 4) is 28.7 Å². The van der Waals surface area contributed by atoms with E-state index in [1.165, 1.54) is 7.11 Å². The zero-order chi connectivity index (χ0) is 26.6. The van der Waals surface area contributed by atoms with Gasteiger partial charge in [0.15, 0.2) is 0 Å². The summed E-state index contributed by atoms with van der Waals surface area (Å²) in [5, 5.41) is 10.7. The molecule has 5 heterocycles. The minimum absolute atomic E-state index is 0.195. The van der Waals surface area contributed by atoms with Crippen LogP contribution in [0.1, 0.15) is 12.1 Å². The fourth-order valence-electron chi connectivity index (χ4n) is 5.09. The Kier molecular flexibility index (Phi) is 5.72. The van der Waals surface area contributed by atoms with Crippen LogP contribution < -0.4 is 20.1 Å². The zero-order valence-corrected chi connectivity index (χ0v) is 21.5. The lowest BCUT2D eigenvalue weighted by Crippen LogP contribution is -2.24. The number of fused-ring (bicyclic) bond motifs is 3. The molecule has 1 aliphatic heterocycles. The van der Waals surface area contributed by atoms with Crippen molar-refractivity contribution in [2.24, 2.45) is 7.05 Å². The molecule has 1 aromatic carbocycles. The van der Waals surface area contributed by atoms with Crippen LogP contribution in [0.15, 0.2) is 47.5 Å². The number of imidazole rings is 1. The minimum atomic E-state index is -0.347. The van der Waals surface area contributed by atoms with E-state index in [0.717, 1.165) is 40.8 Å². The lowest BCUT2D eigenvalue weighted by molar-refractivity contribution is 0.198. The summed E-state index contributed by atoms with van der Waals surface area (Å²) in [4.78, 5) is 33.6. The van der Waals surface area contributed by atoms with E-state index in [-0.39, 0.29) is 17.8 Å². The highest BCUT2D eigenvalue weighted by Gasteiger charge is 2.23. The number of nitrogens with zero attached hydrogens (tertiary/aromatic N) is 7. The Morgan fingerprint density at radius 1 is 1.05 bits per heavy atom. The molecule has 38 heavy (non-hydrogen) atoms. The highest BCUT2D eigenvalue weighted by molar-refractivity contribution is 6.04. The fraction of sp³-hybridized carbons (Fsp3) is 0.296. The number of anilines is 1. The molecule has 1 N–H and O–H groups in total. The predicted molar refractivity (Wildman–Crippen MR) is 143 cm³/mol. The number of hydrogen-bond acceptors (Lipinski definition) is 9. The topological polar surface area (TPSA) is 120 Å². The number of ether oxygens (including phenoxy) is 2. The van der Waals surface area contributed by atoms with Gasteiger partial charge in [-0.3, -0.25) is 14.1 Å². The molecule has 4 aromatic heterocycles. The van der Waals surface area contributed by atoms with Crippen molar-refractivity contribution in [2.45, 2.75) is 19.4 Å². The molecule has 1 atom stereocenters. The number of aromatic nitrogens is 6. The molecular weight excluding hydrogens is 486 g/mol. The molecule has 5 aromatic rings. The van der Waals surface area contributed by atoms with Crippen LogP contribution in [0.4, 0.5) is 5.82 Å². The highest BCUT2D eigenvalue weighted by Crippen LogP contribution is 2.34. The van der Waals surface area contributed by atoms with Crippen molar-refractivity contribution in [1.29, 1.82) is 0 Å². The van der Waals surface area contributed by atoms with Gasteiger partial charge in [0.05, 0.1) is 60.0 Å². The van der Waals surface area contributed by atoms with Crippen molar-refractivity contribution < 1.29 is 14.6 Å². The second-order valence-corrected chi connectivity index (χ2v) is 9.34. The van der Waals surface area contributed by atoms with E-state index in [1.807, 2.05) is 37.3 Å². The quantitative estimate of drug-likeness (QED) is 0.378. The maximum atomic E-state index is 13.6. The molecule has 0 aliphatic carbocycles. The van der Waals surface area contributed by atoms with Crippen LogP contribution in [-0.2, 0) is 7.05 Å². The number of methoxy groups -OCH3 is 2. The Labute approximate surface area is 217 Å². The third kappa shape index (κ3) is 3.74. The average Bonchev–Trinajstić information content (AvgIpc) is 3.48. The van der Waals surface area contributed by atoms with E-state index in [4.69, 9.17) is 14.5 Å². The molecule has 0 amide bonds. The Morgan fingerprint density at radius 2 is 1.89 bits per heavy atom. The van der Waals surface area contributed by atoms with Crippen LogP contribution in [0.5, 0.6) is 11.9 Å². The van der Waals surface area contributed by atoms with Gasteiger partial charge >= 0.3 is 11.7 Å². The molecule has 11 heteroatoms. The lowest BCUT2D eigenvalue weighted by Gasteiger charge is -2.18. The maximum absolute atomic E-state index is 13.6. The monoisotopic (exact) mass is 513 g/mol. The molecule has 0 radical (unpaired) electrons. The van der Waals surface area contributed by atoms with Crippen LogP contribution in [0.2, 0.25) is 0 Å². The number of aliphatic hydroxyl groups excluding tert-OH is 1. The van der Waals surface area contributed by atoms with Gasteiger partial charge < -0.3 is 19.5 Å². The summed E-state index contributed by atoms with van der Waals surface area (Å²) in [6.07, 6.45) is 3.74. The first-order valence-electron chi connectivity index (χ1n) is 12.3. The summed E-state index contributed by atoms with van der Waals surface area (Å²) in [5.74, 6) is 1.17. The Morgan fingerprint density at radius 3 is 2.61 bits per heavy atom. The number of benzene rings is 1. The lowest BCUT2D eigenvalue weighted by atomic mass is 10.0. The standard InChI is InChI=1S/C27H27N7O4/c1-15-21(7-8-23(30-15)33-10-9-17(35)14-33)34-24-18-11-16(19-12-29-26(38-4)31-25(19)37-3)5-6-20(18)28-13-22(24)32(2)27(34)36/h5-8,11-13,17,35H,9-10,14H2,1-4H3/t17-/m0/s1. The van der Waals surface area contributed by atoms with Crippen LogP contribution in [0.25, 0.3) is 38.8 Å². The van der Waals surface area contributed by atoms with Crippen LogP contribution in [0.3, 0.4) is 0 Å². The van der Waals surface area contributed by atoms with E-state index in [1.54, 1.807) is 35.7 Å². The molecule has 194 valence electrons. The van der Waals surface area contributed by atoms with Crippen molar-refractivity contribution >= 4 is 27.8 Å². The molecule has 0 bridgehead atoms. The van der Waals surface area contributed by atoms with E-state index >= 15 is 0 Å². The summed E-state index contributed by atoms with van der Waals surface area (Å²) in [6.45, 7) is 3.20.